The van der Waals surface area contributed by atoms with E-state index in [4.69, 9.17) is 9.47 Å². The van der Waals surface area contributed by atoms with Gasteiger partial charge in [0, 0.05) is 36.8 Å². The highest BCUT2D eigenvalue weighted by Gasteiger charge is 2.16. The van der Waals surface area contributed by atoms with Gasteiger partial charge in [-0.25, -0.2) is 32.2 Å². The summed E-state index contributed by atoms with van der Waals surface area (Å²) in [5.41, 5.74) is 1.56. The second-order valence-corrected chi connectivity index (χ2v) is 9.34. The summed E-state index contributed by atoms with van der Waals surface area (Å²) in [6, 6.07) is 9.01. The summed E-state index contributed by atoms with van der Waals surface area (Å²) in [6.07, 6.45) is 6.91. The van der Waals surface area contributed by atoms with Gasteiger partial charge in [-0.2, -0.15) is 0 Å². The molecule has 0 radical (unpaired) electrons. The molecule has 1 N–H and O–H groups in total. The molecule has 3 heterocycles. The third kappa shape index (κ3) is 4.77. The smallest absolute Gasteiger partial charge is 0.192 e. The van der Waals surface area contributed by atoms with Crippen LogP contribution in [0.1, 0.15) is 0 Å². The summed E-state index contributed by atoms with van der Waals surface area (Å²) < 4.78 is 62.1. The summed E-state index contributed by atoms with van der Waals surface area (Å²) >= 11 is 0. The van der Waals surface area contributed by atoms with Gasteiger partial charge in [0.05, 0.1) is 23.4 Å². The largest absolute Gasteiger partial charge is 0.453 e. The second-order valence-electron chi connectivity index (χ2n) is 7.38. The maximum absolute atomic E-state index is 13.7. The number of imidazole rings is 1. The van der Waals surface area contributed by atoms with Crippen LogP contribution in [0, 0.1) is 11.6 Å². The van der Waals surface area contributed by atoms with Crippen molar-refractivity contribution in [1.29, 1.82) is 0 Å². The average molecular weight is 495 g/mol. The maximum Gasteiger partial charge on any atom is 0.192 e. The predicted octanol–water partition coefficient (Wildman–Crippen LogP) is 4.68. The number of sulfone groups is 1. The van der Waals surface area contributed by atoms with Crippen LogP contribution < -0.4 is 9.47 Å². The summed E-state index contributed by atoms with van der Waals surface area (Å²) in [5, 5.41) is -0.110. The Morgan fingerprint density at radius 2 is 1.63 bits per heavy atom. The predicted molar refractivity (Wildman–Crippen MR) is 121 cm³/mol. The Balaban J connectivity index is 1.57. The van der Waals surface area contributed by atoms with Crippen molar-refractivity contribution < 1.29 is 26.7 Å². The number of pyridine rings is 1. The molecule has 0 unspecified atom stereocenters. The van der Waals surface area contributed by atoms with Gasteiger partial charge >= 0.3 is 0 Å². The molecule has 176 valence electrons. The van der Waals surface area contributed by atoms with Crippen molar-refractivity contribution in [2.45, 2.75) is 5.03 Å². The Hall–Kier alpha value is -4.45. The number of H-pyrrole nitrogens is 1. The van der Waals surface area contributed by atoms with Crippen LogP contribution in [-0.4, -0.2) is 39.6 Å². The lowest BCUT2D eigenvalue weighted by Gasteiger charge is -2.13. The van der Waals surface area contributed by atoms with Crippen molar-refractivity contribution >= 4 is 20.9 Å². The number of ether oxygens (including phenoxy) is 2. The van der Waals surface area contributed by atoms with E-state index >= 15 is 0 Å². The number of halogens is 2. The maximum atomic E-state index is 13.7. The van der Waals surface area contributed by atoms with E-state index in [1.54, 1.807) is 18.3 Å². The lowest BCUT2D eigenvalue weighted by Crippen LogP contribution is -2.00. The number of rotatable bonds is 6. The topological polar surface area (TPSA) is 120 Å². The first-order chi connectivity index (χ1) is 16.8. The Bertz CT molecular complexity index is 1640. The number of fused-ring (bicyclic) bond motifs is 1. The molecular formula is C23H15F2N5O4S. The molecule has 0 saturated carbocycles. The van der Waals surface area contributed by atoms with E-state index in [-0.39, 0.29) is 28.0 Å². The number of nitrogens with one attached hydrogen (secondary N) is 1. The Morgan fingerprint density at radius 1 is 0.857 bits per heavy atom. The fourth-order valence-corrected chi connectivity index (χ4v) is 3.72. The lowest BCUT2D eigenvalue weighted by atomic mass is 10.2. The molecule has 0 amide bonds. The van der Waals surface area contributed by atoms with Crippen LogP contribution in [0.3, 0.4) is 0 Å². The third-order valence-electron chi connectivity index (χ3n) is 4.79. The van der Waals surface area contributed by atoms with E-state index in [9.17, 15) is 17.2 Å². The van der Waals surface area contributed by atoms with Gasteiger partial charge in [-0.3, -0.25) is 4.98 Å². The monoisotopic (exact) mass is 495 g/mol. The van der Waals surface area contributed by atoms with Crippen LogP contribution in [0.4, 0.5) is 8.78 Å². The quantitative estimate of drug-likeness (QED) is 0.361. The zero-order valence-corrected chi connectivity index (χ0v) is 18.8. The van der Waals surface area contributed by atoms with Crippen molar-refractivity contribution in [3.05, 3.63) is 78.9 Å². The molecule has 2 aromatic carbocycles. The first-order valence-corrected chi connectivity index (χ1v) is 11.9. The molecule has 0 aliphatic heterocycles. The number of hydrogen-bond donors (Lipinski definition) is 1. The van der Waals surface area contributed by atoms with E-state index in [0.717, 1.165) is 18.4 Å². The minimum atomic E-state index is -3.48. The van der Waals surface area contributed by atoms with Crippen molar-refractivity contribution in [2.24, 2.45) is 0 Å². The van der Waals surface area contributed by atoms with Gasteiger partial charge in [-0.15, -0.1) is 0 Å². The summed E-state index contributed by atoms with van der Waals surface area (Å²) in [7, 11) is -3.48. The second kappa shape index (κ2) is 8.72. The molecule has 9 nitrogen and oxygen atoms in total. The SMILES string of the molecule is CS(=O)(=O)c1ccc(Oc2cc3[nH]c(-c4cnccn4)nc3cc2Oc2ccc(F)c(F)c2)cn1. The number of aromatic nitrogens is 5. The molecule has 0 atom stereocenters. The number of nitrogens with zero attached hydrogens (tertiary/aromatic N) is 4. The first kappa shape index (κ1) is 22.3. The van der Waals surface area contributed by atoms with Crippen LogP contribution in [0.25, 0.3) is 22.6 Å². The van der Waals surface area contributed by atoms with Crippen LogP contribution in [0.5, 0.6) is 23.0 Å². The van der Waals surface area contributed by atoms with Crippen molar-refractivity contribution in [3.8, 4) is 34.5 Å². The summed E-state index contributed by atoms with van der Waals surface area (Å²) in [6.45, 7) is 0. The lowest BCUT2D eigenvalue weighted by molar-refractivity contribution is 0.413. The van der Waals surface area contributed by atoms with Gasteiger partial charge < -0.3 is 14.5 Å². The highest BCUT2D eigenvalue weighted by molar-refractivity contribution is 7.90. The van der Waals surface area contributed by atoms with E-state index in [1.165, 1.54) is 36.8 Å². The number of benzene rings is 2. The van der Waals surface area contributed by atoms with Crippen LogP contribution in [0.15, 0.2) is 72.3 Å². The molecule has 0 bridgehead atoms. The fraction of sp³-hybridized carbons (Fsp3) is 0.0435. The Kier molecular flexibility index (Phi) is 5.57. The fourth-order valence-electron chi connectivity index (χ4n) is 3.16. The molecule has 0 aliphatic carbocycles. The van der Waals surface area contributed by atoms with Gasteiger partial charge in [-0.05, 0) is 24.3 Å². The van der Waals surface area contributed by atoms with Gasteiger partial charge in [0.15, 0.2) is 43.8 Å². The first-order valence-electron chi connectivity index (χ1n) is 10.0. The van der Waals surface area contributed by atoms with E-state index in [2.05, 4.69) is 24.9 Å². The normalized spacial score (nSPS) is 11.5. The summed E-state index contributed by atoms with van der Waals surface area (Å²) in [4.78, 5) is 19.8. The van der Waals surface area contributed by atoms with Gasteiger partial charge in [0.2, 0.25) is 0 Å². The van der Waals surface area contributed by atoms with Crippen LogP contribution in [-0.2, 0) is 9.84 Å². The van der Waals surface area contributed by atoms with Crippen molar-refractivity contribution in [3.63, 3.8) is 0 Å². The highest BCUT2D eigenvalue weighted by Crippen LogP contribution is 2.38. The standard InChI is InChI=1S/C23H15F2N5O4S/c1-35(31,32)22-5-3-14(11-28-22)34-21-10-18-17(29-23(30-18)19-12-26-6-7-27-19)9-20(21)33-13-2-4-15(24)16(25)8-13/h2-12H,1H3,(H,29,30). The van der Waals surface area contributed by atoms with E-state index < -0.39 is 21.5 Å². The van der Waals surface area contributed by atoms with Crippen molar-refractivity contribution in [2.75, 3.05) is 6.26 Å². The molecule has 0 saturated heterocycles. The average Bonchev–Trinajstić information content (AvgIpc) is 3.25. The van der Waals surface area contributed by atoms with Crippen molar-refractivity contribution in [1.82, 2.24) is 24.9 Å². The molecule has 0 fully saturated rings. The highest BCUT2D eigenvalue weighted by atomic mass is 32.2. The van der Waals surface area contributed by atoms with E-state index in [0.29, 0.717) is 22.6 Å². The van der Waals surface area contributed by atoms with Gasteiger partial charge in [0.1, 0.15) is 17.2 Å². The minimum absolute atomic E-state index is 0.0309. The molecule has 12 heteroatoms. The van der Waals surface area contributed by atoms with Crippen LogP contribution >= 0.6 is 0 Å². The molecule has 0 aliphatic rings. The van der Waals surface area contributed by atoms with E-state index in [1.807, 2.05) is 0 Å². The molecule has 5 aromatic rings. The number of hydrogen-bond acceptors (Lipinski definition) is 8. The third-order valence-corrected chi connectivity index (χ3v) is 5.79. The molecule has 5 rings (SSSR count). The zero-order chi connectivity index (χ0) is 24.6. The molecule has 0 spiro atoms. The van der Waals surface area contributed by atoms with Crippen LogP contribution in [0.2, 0.25) is 0 Å². The Morgan fingerprint density at radius 3 is 2.31 bits per heavy atom. The zero-order valence-electron chi connectivity index (χ0n) is 17.9. The van der Waals surface area contributed by atoms with Gasteiger partial charge in [-0.1, -0.05) is 0 Å². The van der Waals surface area contributed by atoms with Gasteiger partial charge in [0.25, 0.3) is 0 Å². The molecule has 3 aromatic heterocycles. The minimum Gasteiger partial charge on any atom is -0.453 e. The molecule has 35 heavy (non-hydrogen) atoms. The molecular weight excluding hydrogens is 480 g/mol. The number of aromatic amines is 1. The Labute approximate surface area is 197 Å². The summed E-state index contributed by atoms with van der Waals surface area (Å²) in [5.74, 6) is -1.05.